The van der Waals surface area contributed by atoms with Crippen molar-refractivity contribution in [1.29, 1.82) is 0 Å². The molecule has 0 saturated carbocycles. The van der Waals surface area contributed by atoms with Crippen LogP contribution in [-0.4, -0.2) is 59.3 Å². The zero-order chi connectivity index (χ0) is 19.2. The summed E-state index contributed by atoms with van der Waals surface area (Å²) in [4.78, 5) is 29.6. The van der Waals surface area contributed by atoms with Gasteiger partial charge >= 0.3 is 5.97 Å². The number of benzene rings is 1. The van der Waals surface area contributed by atoms with Gasteiger partial charge in [-0.3, -0.25) is 9.59 Å². The molecule has 2 aromatic rings. The van der Waals surface area contributed by atoms with Gasteiger partial charge in [-0.05, 0) is 31.2 Å². The van der Waals surface area contributed by atoms with Crippen molar-refractivity contribution < 1.29 is 28.0 Å². The molecule has 1 aromatic heterocycles. The van der Waals surface area contributed by atoms with E-state index in [1.165, 1.54) is 24.3 Å². The zero-order valence-corrected chi connectivity index (χ0v) is 14.9. The fourth-order valence-electron chi connectivity index (χ4n) is 2.63. The van der Waals surface area contributed by atoms with Gasteiger partial charge in [-0.25, -0.2) is 4.39 Å². The van der Waals surface area contributed by atoms with Crippen LogP contribution in [0.15, 0.2) is 28.8 Å². The van der Waals surface area contributed by atoms with Gasteiger partial charge < -0.3 is 18.9 Å². The van der Waals surface area contributed by atoms with Crippen LogP contribution in [0.3, 0.4) is 0 Å². The first-order valence-corrected chi connectivity index (χ1v) is 8.65. The van der Waals surface area contributed by atoms with Crippen molar-refractivity contribution >= 4 is 11.9 Å². The number of rotatable bonds is 6. The van der Waals surface area contributed by atoms with Crippen molar-refractivity contribution in [1.82, 2.24) is 15.0 Å². The number of morpholine rings is 1. The second-order valence-corrected chi connectivity index (χ2v) is 6.20. The molecule has 1 fully saturated rings. The molecule has 1 aliphatic rings. The summed E-state index contributed by atoms with van der Waals surface area (Å²) in [5.74, 6) is -0.540. The van der Waals surface area contributed by atoms with Gasteiger partial charge in [-0.1, -0.05) is 5.16 Å². The van der Waals surface area contributed by atoms with E-state index >= 15 is 0 Å². The molecular weight excluding hydrogens is 357 g/mol. The Morgan fingerprint density at radius 2 is 2.11 bits per heavy atom. The first-order chi connectivity index (χ1) is 13.0. The van der Waals surface area contributed by atoms with E-state index in [1.807, 2.05) is 6.92 Å². The minimum atomic E-state index is -0.522. The Balaban J connectivity index is 1.43. The van der Waals surface area contributed by atoms with Gasteiger partial charge in [-0.15, -0.1) is 0 Å². The quantitative estimate of drug-likeness (QED) is 0.706. The molecule has 0 bridgehead atoms. The molecule has 1 aromatic carbocycles. The summed E-state index contributed by atoms with van der Waals surface area (Å²) in [6.45, 7) is 3.06. The molecule has 0 radical (unpaired) electrons. The van der Waals surface area contributed by atoms with E-state index in [9.17, 15) is 14.0 Å². The summed E-state index contributed by atoms with van der Waals surface area (Å²) < 4.78 is 28.4. The Morgan fingerprint density at radius 1 is 1.33 bits per heavy atom. The van der Waals surface area contributed by atoms with Crippen molar-refractivity contribution in [2.45, 2.75) is 25.9 Å². The number of halogens is 1. The van der Waals surface area contributed by atoms with Crippen LogP contribution in [-0.2, 0) is 25.5 Å². The molecule has 0 aliphatic carbocycles. The number of ether oxygens (including phenoxy) is 2. The summed E-state index contributed by atoms with van der Waals surface area (Å²) >= 11 is 0. The first-order valence-electron chi connectivity index (χ1n) is 8.65. The third kappa shape index (κ3) is 5.33. The fraction of sp³-hybridized carbons (Fsp3) is 0.444. The van der Waals surface area contributed by atoms with Gasteiger partial charge in [0.25, 0.3) is 5.91 Å². The number of carbonyl (C=O) groups is 2. The minimum Gasteiger partial charge on any atom is -0.456 e. The number of hydrogen-bond acceptors (Lipinski definition) is 7. The molecule has 2 heterocycles. The van der Waals surface area contributed by atoms with E-state index < -0.39 is 5.97 Å². The highest BCUT2D eigenvalue weighted by molar-refractivity contribution is 5.80. The number of carbonyl (C=O) groups excluding carboxylic acids is 2. The van der Waals surface area contributed by atoms with Gasteiger partial charge in [0.2, 0.25) is 11.7 Å². The summed E-state index contributed by atoms with van der Waals surface area (Å²) in [6.07, 6.45) is 0.180. The maximum Gasteiger partial charge on any atom is 0.306 e. The van der Waals surface area contributed by atoms with Crippen molar-refractivity contribution in [3.05, 3.63) is 36.0 Å². The zero-order valence-electron chi connectivity index (χ0n) is 14.9. The lowest BCUT2D eigenvalue weighted by molar-refractivity contribution is -0.154. The molecule has 1 saturated heterocycles. The Bertz CT molecular complexity index is 793. The average Bonchev–Trinajstić information content (AvgIpc) is 3.14. The van der Waals surface area contributed by atoms with Crippen LogP contribution in [0.25, 0.3) is 11.4 Å². The third-order valence-electron chi connectivity index (χ3n) is 4.06. The standard InChI is InChI=1S/C18H20FN3O5/c1-12-10-22(8-9-25-12)16(23)11-26-17(24)7-6-15-20-18(21-27-15)13-2-4-14(19)5-3-13/h2-5,12H,6-11H2,1H3. The largest absolute Gasteiger partial charge is 0.456 e. The monoisotopic (exact) mass is 377 g/mol. The Hall–Kier alpha value is -2.81. The van der Waals surface area contributed by atoms with E-state index in [0.29, 0.717) is 31.1 Å². The van der Waals surface area contributed by atoms with E-state index in [2.05, 4.69) is 10.1 Å². The molecule has 8 nitrogen and oxygen atoms in total. The smallest absolute Gasteiger partial charge is 0.306 e. The van der Waals surface area contributed by atoms with Crippen molar-refractivity contribution in [2.24, 2.45) is 0 Å². The predicted molar refractivity (Wildman–Crippen MR) is 91.0 cm³/mol. The highest BCUT2D eigenvalue weighted by atomic mass is 19.1. The predicted octanol–water partition coefficient (Wildman–Crippen LogP) is 1.60. The van der Waals surface area contributed by atoms with Gasteiger partial charge in [0.1, 0.15) is 5.82 Å². The molecule has 1 amide bonds. The highest BCUT2D eigenvalue weighted by Crippen LogP contribution is 2.16. The maximum absolute atomic E-state index is 12.9. The van der Waals surface area contributed by atoms with Gasteiger partial charge in [0, 0.05) is 25.1 Å². The molecule has 0 N–H and O–H groups in total. The second-order valence-electron chi connectivity index (χ2n) is 6.20. The highest BCUT2D eigenvalue weighted by Gasteiger charge is 2.22. The third-order valence-corrected chi connectivity index (χ3v) is 4.06. The molecule has 9 heteroatoms. The summed E-state index contributed by atoms with van der Waals surface area (Å²) in [6, 6.07) is 5.68. The molecule has 27 heavy (non-hydrogen) atoms. The topological polar surface area (TPSA) is 94.8 Å². The lowest BCUT2D eigenvalue weighted by Crippen LogP contribution is -2.46. The number of aromatic nitrogens is 2. The minimum absolute atomic E-state index is 0.0118. The fourth-order valence-corrected chi connectivity index (χ4v) is 2.63. The average molecular weight is 377 g/mol. The van der Waals surface area contributed by atoms with E-state index in [-0.39, 0.29) is 43.2 Å². The van der Waals surface area contributed by atoms with Crippen LogP contribution in [0.2, 0.25) is 0 Å². The molecular formula is C18H20FN3O5. The molecule has 0 spiro atoms. The maximum atomic E-state index is 12.9. The molecule has 1 atom stereocenters. The Kier molecular flexibility index (Phi) is 6.12. The second kappa shape index (κ2) is 8.72. The number of hydrogen-bond donors (Lipinski definition) is 0. The van der Waals surface area contributed by atoms with E-state index in [0.717, 1.165) is 0 Å². The number of amides is 1. The van der Waals surface area contributed by atoms with Crippen molar-refractivity contribution in [2.75, 3.05) is 26.3 Å². The lowest BCUT2D eigenvalue weighted by Gasteiger charge is -2.30. The van der Waals surface area contributed by atoms with Gasteiger partial charge in [0.05, 0.1) is 19.1 Å². The van der Waals surface area contributed by atoms with E-state index in [1.54, 1.807) is 4.90 Å². The molecule has 1 aliphatic heterocycles. The number of esters is 1. The summed E-state index contributed by atoms with van der Waals surface area (Å²) in [5.41, 5.74) is 0.610. The van der Waals surface area contributed by atoms with Crippen LogP contribution in [0.1, 0.15) is 19.2 Å². The van der Waals surface area contributed by atoms with Gasteiger partial charge in [-0.2, -0.15) is 4.98 Å². The summed E-state index contributed by atoms with van der Waals surface area (Å²) in [7, 11) is 0. The van der Waals surface area contributed by atoms with Crippen LogP contribution >= 0.6 is 0 Å². The number of aryl methyl sites for hydroxylation is 1. The molecule has 144 valence electrons. The number of nitrogens with zero attached hydrogens (tertiary/aromatic N) is 3. The van der Waals surface area contributed by atoms with Gasteiger partial charge in [0.15, 0.2) is 6.61 Å². The Labute approximate surface area is 155 Å². The van der Waals surface area contributed by atoms with E-state index in [4.69, 9.17) is 14.0 Å². The normalized spacial score (nSPS) is 17.0. The lowest BCUT2D eigenvalue weighted by atomic mass is 10.2. The Morgan fingerprint density at radius 3 is 2.85 bits per heavy atom. The SMILES string of the molecule is CC1CN(C(=O)COC(=O)CCc2nc(-c3ccc(F)cc3)no2)CCO1. The van der Waals surface area contributed by atoms with Crippen LogP contribution in [0.4, 0.5) is 4.39 Å². The van der Waals surface area contributed by atoms with Crippen LogP contribution in [0.5, 0.6) is 0 Å². The summed E-state index contributed by atoms with van der Waals surface area (Å²) in [5, 5.41) is 3.80. The molecule has 1 unspecified atom stereocenters. The van der Waals surface area contributed by atoms with Crippen molar-refractivity contribution in [3.63, 3.8) is 0 Å². The molecule has 3 rings (SSSR count). The van der Waals surface area contributed by atoms with Crippen molar-refractivity contribution in [3.8, 4) is 11.4 Å². The van der Waals surface area contributed by atoms with Crippen LogP contribution in [0, 0.1) is 5.82 Å². The van der Waals surface area contributed by atoms with Crippen LogP contribution < -0.4 is 0 Å². The first kappa shape index (κ1) is 19.0.